The van der Waals surface area contributed by atoms with Gasteiger partial charge in [-0.1, -0.05) is 13.8 Å². The number of hydrogen-bond acceptors (Lipinski definition) is 2. The molecule has 0 aromatic rings. The third-order valence-electron chi connectivity index (χ3n) is 4.18. The van der Waals surface area contributed by atoms with E-state index in [4.69, 9.17) is 5.11 Å². The van der Waals surface area contributed by atoms with Gasteiger partial charge in [0.25, 0.3) is 0 Å². The van der Waals surface area contributed by atoms with Gasteiger partial charge in [-0.05, 0) is 37.0 Å². The molecule has 0 bridgehead atoms. The van der Waals surface area contributed by atoms with Crippen LogP contribution in [0, 0.1) is 17.3 Å². The normalized spacial score (nSPS) is 32.6. The largest absolute Gasteiger partial charge is 0.396 e. The van der Waals surface area contributed by atoms with E-state index in [-0.39, 0.29) is 17.9 Å². The second-order valence-corrected chi connectivity index (χ2v) is 6.05. The molecule has 1 saturated carbocycles. The molecule has 1 aliphatic carbocycles. The van der Waals surface area contributed by atoms with Gasteiger partial charge in [0.15, 0.2) is 0 Å². The maximum Gasteiger partial charge on any atom is 0.226 e. The molecule has 1 heterocycles. The minimum Gasteiger partial charge on any atom is -0.396 e. The van der Waals surface area contributed by atoms with Gasteiger partial charge in [0, 0.05) is 25.6 Å². The van der Waals surface area contributed by atoms with Crippen molar-refractivity contribution in [2.75, 3.05) is 19.7 Å². The lowest BCUT2D eigenvalue weighted by Crippen LogP contribution is -2.41. The van der Waals surface area contributed by atoms with Gasteiger partial charge in [-0.25, -0.2) is 0 Å². The maximum atomic E-state index is 12.2. The van der Waals surface area contributed by atoms with Crippen molar-refractivity contribution in [1.82, 2.24) is 4.90 Å². The summed E-state index contributed by atoms with van der Waals surface area (Å²) in [6.45, 7) is 6.39. The predicted octanol–water partition coefficient (Wildman–Crippen LogP) is 1.65. The fourth-order valence-corrected chi connectivity index (χ4v) is 2.79. The molecule has 1 amide bonds. The minimum atomic E-state index is 0.237. The van der Waals surface area contributed by atoms with Crippen molar-refractivity contribution in [3.8, 4) is 0 Å². The Kier molecular flexibility index (Phi) is 3.24. The summed E-state index contributed by atoms with van der Waals surface area (Å²) in [6.07, 6.45) is 4.16. The average molecular weight is 225 g/mol. The Morgan fingerprint density at radius 3 is 2.75 bits per heavy atom. The Balaban J connectivity index is 1.87. The van der Waals surface area contributed by atoms with Crippen LogP contribution in [0.2, 0.25) is 0 Å². The fraction of sp³-hybridized carbons (Fsp3) is 0.923. The average Bonchev–Trinajstić information content (AvgIpc) is 2.88. The Labute approximate surface area is 97.8 Å². The van der Waals surface area contributed by atoms with Crippen LogP contribution in [0.1, 0.15) is 39.5 Å². The number of piperidine rings is 1. The number of aliphatic hydroxyl groups is 1. The lowest BCUT2D eigenvalue weighted by molar-refractivity contribution is -0.135. The summed E-state index contributed by atoms with van der Waals surface area (Å²) in [4.78, 5) is 14.2. The van der Waals surface area contributed by atoms with Gasteiger partial charge in [0.1, 0.15) is 0 Å². The van der Waals surface area contributed by atoms with E-state index in [1.54, 1.807) is 0 Å². The number of carbonyl (C=O) groups is 1. The first-order chi connectivity index (χ1) is 7.54. The maximum absolute atomic E-state index is 12.2. The number of carbonyl (C=O) groups excluding carboxylic acids is 1. The van der Waals surface area contributed by atoms with Crippen molar-refractivity contribution >= 4 is 5.91 Å². The molecule has 92 valence electrons. The van der Waals surface area contributed by atoms with Crippen LogP contribution >= 0.6 is 0 Å². The molecule has 2 aliphatic rings. The monoisotopic (exact) mass is 225 g/mol. The van der Waals surface area contributed by atoms with Crippen LogP contribution in [0.15, 0.2) is 0 Å². The van der Waals surface area contributed by atoms with Gasteiger partial charge in [-0.2, -0.15) is 0 Å². The molecule has 0 spiro atoms. The minimum absolute atomic E-state index is 0.237. The quantitative estimate of drug-likeness (QED) is 0.793. The highest BCUT2D eigenvalue weighted by atomic mass is 16.3. The molecule has 16 heavy (non-hydrogen) atoms. The number of rotatable bonds is 3. The highest BCUT2D eigenvalue weighted by Gasteiger charge is 2.52. The third-order valence-corrected chi connectivity index (χ3v) is 4.18. The van der Waals surface area contributed by atoms with Crippen LogP contribution in [0.5, 0.6) is 0 Å². The van der Waals surface area contributed by atoms with E-state index in [1.165, 1.54) is 6.42 Å². The summed E-state index contributed by atoms with van der Waals surface area (Å²) in [5, 5.41) is 8.94. The van der Waals surface area contributed by atoms with Crippen LogP contribution in [-0.4, -0.2) is 35.6 Å². The van der Waals surface area contributed by atoms with Gasteiger partial charge in [0.05, 0.1) is 0 Å². The van der Waals surface area contributed by atoms with Crippen molar-refractivity contribution in [2.24, 2.45) is 17.3 Å². The summed E-state index contributed by atoms with van der Waals surface area (Å²) in [5.41, 5.74) is 0.237. The van der Waals surface area contributed by atoms with Gasteiger partial charge in [0.2, 0.25) is 5.91 Å². The zero-order valence-electron chi connectivity index (χ0n) is 10.4. The molecule has 3 heteroatoms. The Bertz CT molecular complexity index is 273. The summed E-state index contributed by atoms with van der Waals surface area (Å²) < 4.78 is 0. The Morgan fingerprint density at radius 2 is 2.19 bits per heavy atom. The van der Waals surface area contributed by atoms with Crippen LogP contribution in [0.3, 0.4) is 0 Å². The van der Waals surface area contributed by atoms with Crippen molar-refractivity contribution in [3.63, 3.8) is 0 Å². The van der Waals surface area contributed by atoms with Crippen molar-refractivity contribution in [1.29, 1.82) is 0 Å². The van der Waals surface area contributed by atoms with E-state index >= 15 is 0 Å². The second kappa shape index (κ2) is 4.36. The first kappa shape index (κ1) is 11.9. The lowest BCUT2D eigenvalue weighted by atomic mass is 9.94. The second-order valence-electron chi connectivity index (χ2n) is 6.05. The van der Waals surface area contributed by atoms with Crippen molar-refractivity contribution < 1.29 is 9.90 Å². The molecule has 2 fully saturated rings. The first-order valence-corrected chi connectivity index (χ1v) is 6.44. The van der Waals surface area contributed by atoms with Gasteiger partial charge in [-0.3, -0.25) is 4.79 Å². The molecule has 1 saturated heterocycles. The summed E-state index contributed by atoms with van der Waals surface area (Å²) in [7, 11) is 0. The molecule has 3 nitrogen and oxygen atoms in total. The number of hydrogen-bond donors (Lipinski definition) is 1. The van der Waals surface area contributed by atoms with Crippen LogP contribution in [0.25, 0.3) is 0 Å². The molecule has 2 rings (SSSR count). The molecule has 0 aromatic heterocycles. The van der Waals surface area contributed by atoms with Gasteiger partial charge >= 0.3 is 0 Å². The van der Waals surface area contributed by atoms with Gasteiger partial charge in [-0.15, -0.1) is 0 Å². The van der Waals surface area contributed by atoms with Gasteiger partial charge < -0.3 is 10.0 Å². The fourth-order valence-electron chi connectivity index (χ4n) is 2.79. The SMILES string of the molecule is CC1(C)CC1C(=O)N1CCCC(CCO)C1. The van der Waals surface area contributed by atoms with E-state index in [9.17, 15) is 4.79 Å². The molecule has 1 N–H and O–H groups in total. The zero-order chi connectivity index (χ0) is 11.8. The molecule has 1 aliphatic heterocycles. The van der Waals surface area contributed by atoms with Crippen LogP contribution in [-0.2, 0) is 4.79 Å². The summed E-state index contributed by atoms with van der Waals surface area (Å²) >= 11 is 0. The number of likely N-dealkylation sites (tertiary alicyclic amines) is 1. The first-order valence-electron chi connectivity index (χ1n) is 6.44. The van der Waals surface area contributed by atoms with Crippen LogP contribution < -0.4 is 0 Å². The molecule has 2 atom stereocenters. The predicted molar refractivity (Wildman–Crippen MR) is 62.9 cm³/mol. The van der Waals surface area contributed by atoms with E-state index in [0.29, 0.717) is 11.8 Å². The van der Waals surface area contributed by atoms with Crippen molar-refractivity contribution in [2.45, 2.75) is 39.5 Å². The standard InChI is InChI=1S/C13H23NO2/c1-13(2)8-11(13)12(16)14-6-3-4-10(9-14)5-7-15/h10-11,15H,3-9H2,1-2H3. The molecule has 0 aromatic carbocycles. The van der Waals surface area contributed by atoms with E-state index in [2.05, 4.69) is 13.8 Å². The summed E-state index contributed by atoms with van der Waals surface area (Å²) in [5.74, 6) is 1.14. The summed E-state index contributed by atoms with van der Waals surface area (Å²) in [6, 6.07) is 0. The topological polar surface area (TPSA) is 40.5 Å². The number of nitrogens with zero attached hydrogens (tertiary/aromatic N) is 1. The molecule has 2 unspecified atom stereocenters. The lowest BCUT2D eigenvalue weighted by Gasteiger charge is -2.33. The molecular formula is C13H23NO2. The van der Waals surface area contributed by atoms with E-state index in [1.807, 2.05) is 4.90 Å². The zero-order valence-corrected chi connectivity index (χ0v) is 10.4. The Morgan fingerprint density at radius 1 is 1.50 bits per heavy atom. The highest BCUT2D eigenvalue weighted by Crippen LogP contribution is 2.52. The van der Waals surface area contributed by atoms with Crippen molar-refractivity contribution in [3.05, 3.63) is 0 Å². The van der Waals surface area contributed by atoms with E-state index in [0.717, 1.165) is 32.4 Å². The van der Waals surface area contributed by atoms with Crippen LogP contribution in [0.4, 0.5) is 0 Å². The smallest absolute Gasteiger partial charge is 0.226 e. The number of amides is 1. The number of aliphatic hydroxyl groups excluding tert-OH is 1. The third kappa shape index (κ3) is 2.40. The molecule has 0 radical (unpaired) electrons. The Hall–Kier alpha value is -0.570. The molecular weight excluding hydrogens is 202 g/mol. The highest BCUT2D eigenvalue weighted by molar-refractivity contribution is 5.82. The van der Waals surface area contributed by atoms with E-state index < -0.39 is 0 Å².